The Balaban J connectivity index is 2.02. The first kappa shape index (κ1) is 21.1. The molecule has 0 radical (unpaired) electrons. The van der Waals surface area contributed by atoms with E-state index in [9.17, 15) is 8.42 Å². The van der Waals surface area contributed by atoms with Crippen molar-refractivity contribution >= 4 is 26.7 Å². The van der Waals surface area contributed by atoms with Crippen molar-refractivity contribution in [1.29, 1.82) is 0 Å². The van der Waals surface area contributed by atoms with Crippen molar-refractivity contribution in [3.63, 3.8) is 0 Å². The maximum atomic E-state index is 12.4. The number of benzene rings is 1. The summed E-state index contributed by atoms with van der Waals surface area (Å²) in [6.45, 7) is 11.0. The van der Waals surface area contributed by atoms with E-state index < -0.39 is 10.0 Å². The minimum Gasteiger partial charge on any atom is -0.381 e. The fraction of sp³-hybridized carbons (Fsp3) is 0.667. The average molecular weight is 408 g/mol. The smallest absolute Gasteiger partial charge is 0.234 e. The second-order valence-corrected chi connectivity index (χ2v) is 10.9. The van der Waals surface area contributed by atoms with Gasteiger partial charge < -0.3 is 9.30 Å². The van der Waals surface area contributed by atoms with E-state index in [4.69, 9.17) is 9.72 Å². The molecule has 1 aromatic carbocycles. The highest BCUT2D eigenvalue weighted by molar-refractivity contribution is 7.92. The summed E-state index contributed by atoms with van der Waals surface area (Å²) in [6, 6.07) is 5.81. The van der Waals surface area contributed by atoms with E-state index in [0.717, 1.165) is 49.5 Å². The Morgan fingerprint density at radius 1 is 1.25 bits per heavy atom. The van der Waals surface area contributed by atoms with Crippen molar-refractivity contribution < 1.29 is 13.2 Å². The lowest BCUT2D eigenvalue weighted by molar-refractivity contribution is 0.0611. The van der Waals surface area contributed by atoms with Crippen LogP contribution in [0.3, 0.4) is 0 Å². The molecular formula is C21H33N3O3S. The fourth-order valence-electron chi connectivity index (χ4n) is 3.81. The lowest BCUT2D eigenvalue weighted by Gasteiger charge is -2.26. The summed E-state index contributed by atoms with van der Waals surface area (Å²) in [5.41, 5.74) is 2.50. The zero-order chi connectivity index (χ0) is 20.5. The molecule has 2 aromatic rings. The topological polar surface area (TPSA) is 64.4 Å². The highest BCUT2D eigenvalue weighted by Gasteiger charge is 2.26. The zero-order valence-electron chi connectivity index (χ0n) is 17.7. The van der Waals surface area contributed by atoms with Crippen LogP contribution >= 0.6 is 0 Å². The molecule has 1 aromatic heterocycles. The third-order valence-electron chi connectivity index (χ3n) is 5.43. The van der Waals surface area contributed by atoms with E-state index in [1.807, 2.05) is 25.1 Å². The summed E-state index contributed by atoms with van der Waals surface area (Å²) < 4.78 is 34.1. The third kappa shape index (κ3) is 4.35. The van der Waals surface area contributed by atoms with Gasteiger partial charge in [0.15, 0.2) is 0 Å². The molecular weight excluding hydrogens is 374 g/mol. The number of ether oxygens (including phenoxy) is 1. The summed E-state index contributed by atoms with van der Waals surface area (Å²) in [7, 11) is -1.68. The molecule has 156 valence electrons. The van der Waals surface area contributed by atoms with Crippen molar-refractivity contribution in [2.75, 3.05) is 30.3 Å². The average Bonchev–Trinajstić information content (AvgIpc) is 3.00. The summed E-state index contributed by atoms with van der Waals surface area (Å²) >= 11 is 0. The van der Waals surface area contributed by atoms with Crippen molar-refractivity contribution in [2.24, 2.45) is 5.92 Å². The van der Waals surface area contributed by atoms with Gasteiger partial charge in [-0.2, -0.15) is 0 Å². The Morgan fingerprint density at radius 2 is 1.93 bits per heavy atom. The summed E-state index contributed by atoms with van der Waals surface area (Å²) in [6.07, 6.45) is 2.74. The molecule has 0 amide bonds. The predicted octanol–water partition coefficient (Wildman–Crippen LogP) is 3.94. The van der Waals surface area contributed by atoms with Gasteiger partial charge in [0.05, 0.1) is 22.5 Å². The Bertz CT molecular complexity index is 922. The number of rotatable bonds is 6. The maximum absolute atomic E-state index is 12.4. The quantitative estimate of drug-likeness (QED) is 0.728. The van der Waals surface area contributed by atoms with E-state index in [1.165, 1.54) is 4.31 Å². The molecule has 1 aliphatic rings. The first-order valence-electron chi connectivity index (χ1n) is 10.2. The Labute approximate surface area is 168 Å². The number of anilines is 1. The van der Waals surface area contributed by atoms with Crippen molar-refractivity contribution in [3.05, 3.63) is 24.0 Å². The van der Waals surface area contributed by atoms with E-state index >= 15 is 0 Å². The zero-order valence-corrected chi connectivity index (χ0v) is 18.6. The highest BCUT2D eigenvalue weighted by Crippen LogP contribution is 2.31. The maximum Gasteiger partial charge on any atom is 0.234 e. The lowest BCUT2D eigenvalue weighted by atomic mass is 9.94. The van der Waals surface area contributed by atoms with Gasteiger partial charge >= 0.3 is 0 Å². The van der Waals surface area contributed by atoms with Crippen LogP contribution in [0, 0.1) is 5.92 Å². The Morgan fingerprint density at radius 3 is 2.54 bits per heavy atom. The fourth-order valence-corrected chi connectivity index (χ4v) is 5.04. The molecule has 0 bridgehead atoms. The number of fused-ring (bicyclic) bond motifs is 1. The van der Waals surface area contributed by atoms with Crippen LogP contribution in [0.5, 0.6) is 0 Å². The molecule has 7 heteroatoms. The second kappa shape index (κ2) is 8.03. The van der Waals surface area contributed by atoms with Crippen molar-refractivity contribution in [2.45, 2.75) is 58.9 Å². The number of sulfonamides is 1. The van der Waals surface area contributed by atoms with Crippen LogP contribution in [0.4, 0.5) is 5.69 Å². The standard InChI is InChI=1S/C21H33N3O3S/c1-6-13-28(25,26)23(5)17-7-8-19-18(14-17)22-20(21(2,3)4)24(19)15-16-9-11-27-12-10-16/h7-8,14,16H,6,9-13,15H2,1-5H3. The number of aromatic nitrogens is 2. The molecule has 6 nitrogen and oxygen atoms in total. The third-order valence-corrected chi connectivity index (χ3v) is 7.40. The monoisotopic (exact) mass is 407 g/mol. The minimum absolute atomic E-state index is 0.0927. The Hall–Kier alpha value is -1.60. The van der Waals surface area contributed by atoms with E-state index in [-0.39, 0.29) is 11.2 Å². The molecule has 0 atom stereocenters. The molecule has 3 rings (SSSR count). The van der Waals surface area contributed by atoms with Crippen LogP contribution in [0.25, 0.3) is 11.0 Å². The SMILES string of the molecule is CCCS(=O)(=O)N(C)c1ccc2c(c1)nc(C(C)(C)C)n2CC1CCOCC1. The molecule has 28 heavy (non-hydrogen) atoms. The predicted molar refractivity (Wildman–Crippen MR) is 114 cm³/mol. The summed E-state index contributed by atoms with van der Waals surface area (Å²) in [5, 5.41) is 0. The number of nitrogens with zero attached hydrogens (tertiary/aromatic N) is 3. The van der Waals surface area contributed by atoms with Gasteiger partial charge in [0, 0.05) is 32.2 Å². The second-order valence-electron chi connectivity index (χ2n) is 8.81. The van der Waals surface area contributed by atoms with Gasteiger partial charge in [0.1, 0.15) is 5.82 Å². The van der Waals surface area contributed by atoms with Crippen LogP contribution in [0.1, 0.15) is 52.8 Å². The molecule has 0 N–H and O–H groups in total. The van der Waals surface area contributed by atoms with Gasteiger partial charge in [-0.3, -0.25) is 4.31 Å². The number of hydrogen-bond acceptors (Lipinski definition) is 4. The van der Waals surface area contributed by atoms with Crippen LogP contribution < -0.4 is 4.31 Å². The first-order valence-corrected chi connectivity index (χ1v) is 11.8. The molecule has 0 spiro atoms. The summed E-state index contributed by atoms with van der Waals surface area (Å²) in [4.78, 5) is 4.93. The number of imidazole rings is 1. The van der Waals surface area contributed by atoms with Gasteiger partial charge in [0.2, 0.25) is 10.0 Å². The molecule has 2 heterocycles. The highest BCUT2D eigenvalue weighted by atomic mass is 32.2. The molecule has 0 unspecified atom stereocenters. The van der Waals surface area contributed by atoms with Crippen molar-refractivity contribution in [3.8, 4) is 0 Å². The van der Waals surface area contributed by atoms with Crippen molar-refractivity contribution in [1.82, 2.24) is 9.55 Å². The van der Waals surface area contributed by atoms with Crippen LogP contribution in [-0.2, 0) is 26.7 Å². The van der Waals surface area contributed by atoms with Gasteiger partial charge in [-0.25, -0.2) is 13.4 Å². The minimum atomic E-state index is -3.30. The van der Waals surface area contributed by atoms with Gasteiger partial charge in [-0.1, -0.05) is 27.7 Å². The lowest BCUT2D eigenvalue weighted by Crippen LogP contribution is -2.28. The molecule has 1 saturated heterocycles. The first-order chi connectivity index (χ1) is 13.1. The molecule has 1 aliphatic heterocycles. The van der Waals surface area contributed by atoms with E-state index in [1.54, 1.807) is 7.05 Å². The van der Waals surface area contributed by atoms with Crippen LogP contribution in [0.15, 0.2) is 18.2 Å². The van der Waals surface area contributed by atoms with Crippen LogP contribution in [0.2, 0.25) is 0 Å². The largest absolute Gasteiger partial charge is 0.381 e. The normalized spacial score (nSPS) is 16.6. The molecule has 0 saturated carbocycles. The molecule has 1 fully saturated rings. The van der Waals surface area contributed by atoms with Gasteiger partial charge in [-0.15, -0.1) is 0 Å². The van der Waals surface area contributed by atoms with E-state index in [2.05, 4.69) is 25.3 Å². The Kier molecular flexibility index (Phi) is 6.05. The van der Waals surface area contributed by atoms with Crippen LogP contribution in [-0.4, -0.2) is 44.0 Å². The van der Waals surface area contributed by atoms with Gasteiger partial charge in [0.25, 0.3) is 0 Å². The number of hydrogen-bond donors (Lipinski definition) is 0. The van der Waals surface area contributed by atoms with E-state index in [0.29, 0.717) is 18.0 Å². The molecule has 0 aliphatic carbocycles. The van der Waals surface area contributed by atoms with Gasteiger partial charge in [-0.05, 0) is 43.4 Å². The summed E-state index contributed by atoms with van der Waals surface area (Å²) in [5.74, 6) is 1.78.